The van der Waals surface area contributed by atoms with Crippen LogP contribution >= 0.6 is 0 Å². The van der Waals surface area contributed by atoms with Crippen LogP contribution in [0.4, 0.5) is 5.69 Å². The van der Waals surface area contributed by atoms with Crippen molar-refractivity contribution in [2.75, 3.05) is 7.05 Å². The number of hydrogen-bond donors (Lipinski definition) is 1. The van der Waals surface area contributed by atoms with Crippen LogP contribution in [0.1, 0.15) is 5.69 Å². The van der Waals surface area contributed by atoms with Gasteiger partial charge in [0.25, 0.3) is 5.56 Å². The maximum Gasteiger partial charge on any atom is 0.299 e. The van der Waals surface area contributed by atoms with Crippen LogP contribution in [-0.4, -0.2) is 26.4 Å². The number of nitriles is 2. The molecule has 1 aromatic heterocycles. The highest BCUT2D eigenvalue weighted by molar-refractivity contribution is 5.49. The predicted molar refractivity (Wildman–Crippen MR) is 105 cm³/mol. The van der Waals surface area contributed by atoms with E-state index >= 15 is 0 Å². The molecule has 0 saturated carbocycles. The van der Waals surface area contributed by atoms with Gasteiger partial charge in [0.2, 0.25) is 5.88 Å². The topological polar surface area (TPSA) is 123 Å². The summed E-state index contributed by atoms with van der Waals surface area (Å²) in [6.45, 7) is 1.75. The first-order chi connectivity index (χ1) is 13.9. The van der Waals surface area contributed by atoms with Gasteiger partial charge in [0.1, 0.15) is 17.8 Å². The fourth-order valence-corrected chi connectivity index (χ4v) is 2.87. The quantitative estimate of drug-likeness (QED) is 0.640. The maximum absolute atomic E-state index is 12.9. The molecule has 0 spiro atoms. The van der Waals surface area contributed by atoms with Crippen molar-refractivity contribution >= 4 is 5.69 Å². The van der Waals surface area contributed by atoms with Crippen LogP contribution in [0.3, 0.4) is 0 Å². The first-order valence-electron chi connectivity index (χ1n) is 8.56. The summed E-state index contributed by atoms with van der Waals surface area (Å²) in [5, 5.41) is 36.5. The Morgan fingerprint density at radius 3 is 2.34 bits per heavy atom. The van der Waals surface area contributed by atoms with Crippen molar-refractivity contribution < 1.29 is 5.11 Å². The summed E-state index contributed by atoms with van der Waals surface area (Å²) >= 11 is 0. The maximum atomic E-state index is 12.9. The molecule has 0 radical (unpaired) electrons. The standard InChI is InChI=1S/C20H17N7O2/c1-13-18(20(29)27(26(13)3)15-7-5-4-6-8-15)24-23-16-9-10-17(14(11-21)12-22)25(2)19(16)28/h4-10,28H,1-3H3/b24-23+. The third-order valence-electron chi connectivity index (χ3n) is 4.57. The average molecular weight is 387 g/mol. The highest BCUT2D eigenvalue weighted by Gasteiger charge is 2.21. The molecule has 0 unspecified atom stereocenters. The number of benzene rings is 1. The van der Waals surface area contributed by atoms with Crippen LogP contribution in [0.5, 0.6) is 0 Å². The van der Waals surface area contributed by atoms with Crippen molar-refractivity contribution in [3.63, 3.8) is 0 Å². The molecule has 2 heterocycles. The average Bonchev–Trinajstić information content (AvgIpc) is 2.94. The lowest BCUT2D eigenvalue weighted by molar-refractivity contribution is 0.264. The van der Waals surface area contributed by atoms with Crippen LogP contribution in [0.25, 0.3) is 5.69 Å². The van der Waals surface area contributed by atoms with Gasteiger partial charge in [-0.1, -0.05) is 18.2 Å². The molecule has 0 bridgehead atoms. The van der Waals surface area contributed by atoms with E-state index in [9.17, 15) is 9.90 Å². The molecule has 9 nitrogen and oxygen atoms in total. The molecule has 0 fully saturated rings. The van der Waals surface area contributed by atoms with E-state index in [4.69, 9.17) is 10.5 Å². The lowest BCUT2D eigenvalue weighted by atomic mass is 10.1. The molecule has 1 aromatic carbocycles. The number of aromatic nitrogens is 2. The van der Waals surface area contributed by atoms with Gasteiger partial charge in [-0.25, -0.2) is 4.68 Å². The molecule has 3 rings (SSSR count). The number of allylic oxidation sites excluding steroid dienone is 3. The van der Waals surface area contributed by atoms with Gasteiger partial charge in [-0.05, 0) is 31.2 Å². The van der Waals surface area contributed by atoms with Crippen LogP contribution < -0.4 is 5.56 Å². The minimum Gasteiger partial charge on any atom is -0.493 e. The number of para-hydroxylation sites is 1. The monoisotopic (exact) mass is 387 g/mol. The van der Waals surface area contributed by atoms with Gasteiger partial charge in [0.05, 0.1) is 17.1 Å². The third-order valence-corrected chi connectivity index (χ3v) is 4.57. The Hall–Kier alpha value is -4.37. The summed E-state index contributed by atoms with van der Waals surface area (Å²) in [4.78, 5) is 14.1. The SMILES string of the molecule is Cc1c(/N=N/C2=C(O)N(C)C(=C(C#N)C#N)C=C2)c(=O)n(-c2ccccc2)n1C. The van der Waals surface area contributed by atoms with Gasteiger partial charge in [0, 0.05) is 14.1 Å². The van der Waals surface area contributed by atoms with E-state index in [0.717, 1.165) is 0 Å². The smallest absolute Gasteiger partial charge is 0.299 e. The molecule has 0 aliphatic carbocycles. The molecule has 1 N–H and O–H groups in total. The second-order valence-corrected chi connectivity index (χ2v) is 6.20. The first kappa shape index (κ1) is 19.4. The van der Waals surface area contributed by atoms with Crippen LogP contribution in [0.2, 0.25) is 0 Å². The Balaban J connectivity index is 2.02. The number of nitrogens with zero attached hydrogens (tertiary/aromatic N) is 7. The normalized spacial score (nSPS) is 13.7. The van der Waals surface area contributed by atoms with Crippen molar-refractivity contribution in [1.29, 1.82) is 10.5 Å². The number of likely N-dealkylation sites (N-methyl/N-ethyl adjacent to an activating group) is 1. The Morgan fingerprint density at radius 2 is 1.72 bits per heavy atom. The van der Waals surface area contributed by atoms with E-state index in [1.54, 1.807) is 30.8 Å². The zero-order valence-corrected chi connectivity index (χ0v) is 16.0. The summed E-state index contributed by atoms with van der Waals surface area (Å²) < 4.78 is 3.16. The van der Waals surface area contributed by atoms with Crippen molar-refractivity contribution in [1.82, 2.24) is 14.3 Å². The number of rotatable bonds is 3. The Bertz CT molecular complexity index is 1210. The first-order valence-corrected chi connectivity index (χ1v) is 8.56. The van der Waals surface area contributed by atoms with E-state index in [2.05, 4.69) is 10.2 Å². The molecule has 29 heavy (non-hydrogen) atoms. The molecule has 1 aliphatic heterocycles. The zero-order valence-electron chi connectivity index (χ0n) is 16.0. The number of aliphatic hydroxyl groups is 1. The van der Waals surface area contributed by atoms with Crippen LogP contribution in [-0.2, 0) is 7.05 Å². The summed E-state index contributed by atoms with van der Waals surface area (Å²) in [5.41, 5.74) is 1.30. The van der Waals surface area contributed by atoms with E-state index in [0.29, 0.717) is 11.4 Å². The van der Waals surface area contributed by atoms with E-state index < -0.39 is 0 Å². The van der Waals surface area contributed by atoms with Gasteiger partial charge in [-0.2, -0.15) is 10.5 Å². The summed E-state index contributed by atoms with van der Waals surface area (Å²) in [7, 11) is 3.24. The van der Waals surface area contributed by atoms with Gasteiger partial charge >= 0.3 is 0 Å². The molecule has 0 saturated heterocycles. The van der Waals surface area contributed by atoms with Gasteiger partial charge in [-0.3, -0.25) is 9.48 Å². The third kappa shape index (κ3) is 3.33. The predicted octanol–water partition coefficient (Wildman–Crippen LogP) is 3.10. The zero-order chi connectivity index (χ0) is 21.1. The Morgan fingerprint density at radius 1 is 1.07 bits per heavy atom. The number of azo groups is 1. The minimum atomic E-state index is -0.343. The Kier molecular flexibility index (Phi) is 5.15. The number of hydrogen-bond acceptors (Lipinski definition) is 7. The highest BCUT2D eigenvalue weighted by Crippen LogP contribution is 2.25. The second kappa shape index (κ2) is 7.71. The molecule has 9 heteroatoms. The van der Waals surface area contributed by atoms with E-state index in [1.165, 1.54) is 28.8 Å². The molecular formula is C20H17N7O2. The molecule has 0 amide bonds. The molecular weight excluding hydrogens is 370 g/mol. The minimum absolute atomic E-state index is 0.0976. The van der Waals surface area contributed by atoms with Crippen LogP contribution in [0.15, 0.2) is 80.4 Å². The summed E-state index contributed by atoms with van der Waals surface area (Å²) in [5.74, 6) is -0.286. The van der Waals surface area contributed by atoms with Crippen molar-refractivity contribution in [3.05, 3.63) is 81.4 Å². The van der Waals surface area contributed by atoms with Crippen molar-refractivity contribution in [3.8, 4) is 17.8 Å². The highest BCUT2D eigenvalue weighted by atomic mass is 16.3. The molecule has 0 atom stereocenters. The second-order valence-electron chi connectivity index (χ2n) is 6.20. The fourth-order valence-electron chi connectivity index (χ4n) is 2.87. The molecule has 2 aromatic rings. The van der Waals surface area contributed by atoms with Gasteiger partial charge in [-0.15, -0.1) is 10.2 Å². The lowest BCUT2D eigenvalue weighted by Gasteiger charge is -2.22. The molecule has 144 valence electrons. The van der Waals surface area contributed by atoms with Crippen molar-refractivity contribution in [2.45, 2.75) is 6.92 Å². The lowest BCUT2D eigenvalue weighted by Crippen LogP contribution is -2.21. The van der Waals surface area contributed by atoms with Crippen LogP contribution in [0, 0.1) is 29.6 Å². The fraction of sp³-hybridized carbons (Fsp3) is 0.150. The number of aliphatic hydroxyl groups excluding tert-OH is 1. The molecule has 1 aliphatic rings. The van der Waals surface area contributed by atoms with Crippen molar-refractivity contribution in [2.24, 2.45) is 17.3 Å². The Labute approximate surface area is 166 Å². The summed E-state index contributed by atoms with van der Waals surface area (Å²) in [6, 6.07) is 12.7. The summed E-state index contributed by atoms with van der Waals surface area (Å²) in [6.07, 6.45) is 2.91. The van der Waals surface area contributed by atoms with E-state index in [-0.39, 0.29) is 34.1 Å². The van der Waals surface area contributed by atoms with Gasteiger partial charge < -0.3 is 10.0 Å². The van der Waals surface area contributed by atoms with Gasteiger partial charge in [0.15, 0.2) is 11.3 Å². The van der Waals surface area contributed by atoms with E-state index in [1.807, 2.05) is 30.3 Å². The largest absolute Gasteiger partial charge is 0.493 e.